The summed E-state index contributed by atoms with van der Waals surface area (Å²) in [5, 5.41) is 3.40. The molecule has 0 aromatic heterocycles. The molecule has 0 aliphatic heterocycles. The first-order valence-electron chi connectivity index (χ1n) is 5.86. The molecule has 2 heteroatoms. The van der Waals surface area contributed by atoms with Gasteiger partial charge in [0.05, 0.1) is 0 Å². The maximum absolute atomic E-state index is 3.40. The quantitative estimate of drug-likeness (QED) is 0.706. The zero-order chi connectivity index (χ0) is 11.6. The van der Waals surface area contributed by atoms with E-state index in [-0.39, 0.29) is 0 Å². The van der Waals surface area contributed by atoms with Crippen LogP contribution in [0.25, 0.3) is 6.08 Å². The van der Waals surface area contributed by atoms with Crippen LogP contribution in [0, 0.1) is 0 Å². The number of hydrogen-bond donors (Lipinski definition) is 1. The van der Waals surface area contributed by atoms with E-state index in [1.54, 1.807) is 0 Å². The van der Waals surface area contributed by atoms with Gasteiger partial charge in [-0.05, 0) is 39.2 Å². The lowest BCUT2D eigenvalue weighted by Crippen LogP contribution is -2.21. The number of nitrogens with one attached hydrogen (secondary N) is 1. The first-order valence-corrected chi connectivity index (χ1v) is 5.86. The Bertz CT molecular complexity index is 291. The van der Waals surface area contributed by atoms with Crippen LogP contribution in [0.3, 0.4) is 0 Å². The van der Waals surface area contributed by atoms with Crippen molar-refractivity contribution in [1.82, 2.24) is 10.2 Å². The molecule has 0 amide bonds. The summed E-state index contributed by atoms with van der Waals surface area (Å²) in [6.07, 6.45) is 5.52. The van der Waals surface area contributed by atoms with Gasteiger partial charge in [0.25, 0.3) is 0 Å². The van der Waals surface area contributed by atoms with E-state index in [9.17, 15) is 0 Å². The van der Waals surface area contributed by atoms with E-state index >= 15 is 0 Å². The third kappa shape index (κ3) is 6.38. The van der Waals surface area contributed by atoms with Crippen molar-refractivity contribution in [1.29, 1.82) is 0 Å². The molecule has 0 aliphatic rings. The lowest BCUT2D eigenvalue weighted by Gasteiger charge is -2.08. The zero-order valence-electron chi connectivity index (χ0n) is 10.3. The third-order valence-corrected chi connectivity index (χ3v) is 2.33. The van der Waals surface area contributed by atoms with Gasteiger partial charge in [-0.25, -0.2) is 0 Å². The van der Waals surface area contributed by atoms with Crippen LogP contribution in [0.2, 0.25) is 0 Å². The highest BCUT2D eigenvalue weighted by atomic mass is 15.0. The molecule has 88 valence electrons. The van der Waals surface area contributed by atoms with Gasteiger partial charge in [-0.15, -0.1) is 0 Å². The Morgan fingerprint density at radius 1 is 1.19 bits per heavy atom. The van der Waals surface area contributed by atoms with E-state index in [0.717, 1.165) is 19.6 Å². The zero-order valence-corrected chi connectivity index (χ0v) is 10.3. The summed E-state index contributed by atoms with van der Waals surface area (Å²) in [5.74, 6) is 0. The highest BCUT2D eigenvalue weighted by Crippen LogP contribution is 1.99. The molecule has 0 spiro atoms. The normalized spacial score (nSPS) is 11.4. The van der Waals surface area contributed by atoms with Crippen molar-refractivity contribution in [3.8, 4) is 0 Å². The first kappa shape index (κ1) is 12.9. The number of hydrogen-bond acceptors (Lipinski definition) is 2. The molecule has 1 rings (SSSR count). The van der Waals surface area contributed by atoms with Gasteiger partial charge in [-0.1, -0.05) is 42.5 Å². The molecule has 2 nitrogen and oxygen atoms in total. The standard InChI is InChI=1S/C14H22N2/c1-16(2)13-7-12-15-11-6-10-14-8-4-3-5-9-14/h3-6,8-10,15H,7,11-13H2,1-2H3. The summed E-state index contributed by atoms with van der Waals surface area (Å²) >= 11 is 0. The molecule has 1 aromatic rings. The molecule has 0 heterocycles. The van der Waals surface area contributed by atoms with Crippen LogP contribution in [0.4, 0.5) is 0 Å². The second kappa shape index (κ2) is 8.08. The number of nitrogens with zero attached hydrogens (tertiary/aromatic N) is 1. The van der Waals surface area contributed by atoms with Crippen LogP contribution in [0.1, 0.15) is 12.0 Å². The maximum Gasteiger partial charge on any atom is 0.0138 e. The Morgan fingerprint density at radius 3 is 2.62 bits per heavy atom. The van der Waals surface area contributed by atoms with Crippen molar-refractivity contribution in [3.05, 3.63) is 42.0 Å². The lowest BCUT2D eigenvalue weighted by atomic mass is 10.2. The highest BCUT2D eigenvalue weighted by Gasteiger charge is 1.89. The molecule has 0 saturated carbocycles. The maximum atomic E-state index is 3.40. The monoisotopic (exact) mass is 218 g/mol. The Morgan fingerprint density at radius 2 is 1.94 bits per heavy atom. The summed E-state index contributed by atoms with van der Waals surface area (Å²) in [6, 6.07) is 10.4. The van der Waals surface area contributed by atoms with Gasteiger partial charge < -0.3 is 10.2 Å². The molecule has 0 atom stereocenters. The fraction of sp³-hybridized carbons (Fsp3) is 0.429. The predicted molar refractivity (Wildman–Crippen MR) is 71.5 cm³/mol. The molecule has 0 bridgehead atoms. The predicted octanol–water partition coefficient (Wildman–Crippen LogP) is 2.24. The smallest absolute Gasteiger partial charge is 0.0138 e. The van der Waals surface area contributed by atoms with E-state index in [4.69, 9.17) is 0 Å². The lowest BCUT2D eigenvalue weighted by molar-refractivity contribution is 0.396. The van der Waals surface area contributed by atoms with Gasteiger partial charge in [0.1, 0.15) is 0 Å². The van der Waals surface area contributed by atoms with Gasteiger partial charge >= 0.3 is 0 Å². The highest BCUT2D eigenvalue weighted by molar-refractivity contribution is 5.48. The molecule has 16 heavy (non-hydrogen) atoms. The molecule has 0 radical (unpaired) electrons. The van der Waals surface area contributed by atoms with Gasteiger partial charge in [0.15, 0.2) is 0 Å². The molecule has 1 aromatic carbocycles. The van der Waals surface area contributed by atoms with Crippen LogP contribution in [0.15, 0.2) is 36.4 Å². The Balaban J connectivity index is 2.05. The van der Waals surface area contributed by atoms with Crippen molar-refractivity contribution in [2.75, 3.05) is 33.7 Å². The van der Waals surface area contributed by atoms with Crippen molar-refractivity contribution in [2.24, 2.45) is 0 Å². The van der Waals surface area contributed by atoms with Crippen molar-refractivity contribution >= 4 is 6.08 Å². The minimum Gasteiger partial charge on any atom is -0.313 e. The average molecular weight is 218 g/mol. The van der Waals surface area contributed by atoms with Crippen LogP contribution < -0.4 is 5.32 Å². The Labute approximate surface area is 99.0 Å². The average Bonchev–Trinajstić information content (AvgIpc) is 2.29. The van der Waals surface area contributed by atoms with Gasteiger partial charge in [0, 0.05) is 6.54 Å². The van der Waals surface area contributed by atoms with E-state index in [1.165, 1.54) is 12.0 Å². The number of rotatable bonds is 7. The minimum absolute atomic E-state index is 0.947. The fourth-order valence-electron chi connectivity index (χ4n) is 1.46. The van der Waals surface area contributed by atoms with Crippen LogP contribution in [0.5, 0.6) is 0 Å². The first-order chi connectivity index (χ1) is 7.79. The van der Waals surface area contributed by atoms with Crippen LogP contribution >= 0.6 is 0 Å². The molecule has 0 unspecified atom stereocenters. The van der Waals surface area contributed by atoms with Gasteiger partial charge in [0.2, 0.25) is 0 Å². The number of benzene rings is 1. The topological polar surface area (TPSA) is 15.3 Å². The third-order valence-electron chi connectivity index (χ3n) is 2.33. The van der Waals surface area contributed by atoms with Crippen LogP contribution in [-0.2, 0) is 0 Å². The molecule has 1 N–H and O–H groups in total. The van der Waals surface area contributed by atoms with E-state index in [0.29, 0.717) is 0 Å². The fourth-order valence-corrected chi connectivity index (χ4v) is 1.46. The largest absolute Gasteiger partial charge is 0.313 e. The summed E-state index contributed by atoms with van der Waals surface area (Å²) in [4.78, 5) is 2.21. The summed E-state index contributed by atoms with van der Waals surface area (Å²) < 4.78 is 0. The van der Waals surface area contributed by atoms with E-state index in [1.807, 2.05) is 6.07 Å². The summed E-state index contributed by atoms with van der Waals surface area (Å²) in [5.41, 5.74) is 1.26. The minimum atomic E-state index is 0.947. The molecule has 0 saturated heterocycles. The molecule has 0 fully saturated rings. The molecular formula is C14H22N2. The second-order valence-electron chi connectivity index (χ2n) is 4.17. The Hall–Kier alpha value is -1.12. The summed E-state index contributed by atoms with van der Waals surface area (Å²) in [7, 11) is 4.21. The van der Waals surface area contributed by atoms with E-state index in [2.05, 4.69) is 60.7 Å². The molecule has 0 aliphatic carbocycles. The van der Waals surface area contributed by atoms with Crippen molar-refractivity contribution in [3.63, 3.8) is 0 Å². The van der Waals surface area contributed by atoms with Crippen molar-refractivity contribution in [2.45, 2.75) is 6.42 Å². The Kier molecular flexibility index (Phi) is 6.54. The van der Waals surface area contributed by atoms with Crippen molar-refractivity contribution < 1.29 is 0 Å². The van der Waals surface area contributed by atoms with Gasteiger partial charge in [-0.2, -0.15) is 0 Å². The second-order valence-corrected chi connectivity index (χ2v) is 4.17. The molecular weight excluding hydrogens is 196 g/mol. The summed E-state index contributed by atoms with van der Waals surface area (Å²) in [6.45, 7) is 3.18. The van der Waals surface area contributed by atoms with Crippen LogP contribution in [-0.4, -0.2) is 38.6 Å². The SMILES string of the molecule is CN(C)CCCNCC=Cc1ccccc1. The van der Waals surface area contributed by atoms with E-state index < -0.39 is 0 Å². The van der Waals surface area contributed by atoms with Gasteiger partial charge in [-0.3, -0.25) is 0 Å².